The molecule has 6 heteroatoms. The molecule has 0 radical (unpaired) electrons. The molecule has 0 aliphatic carbocycles. The topological polar surface area (TPSA) is 61.1 Å². The summed E-state index contributed by atoms with van der Waals surface area (Å²) >= 11 is 3.28. The van der Waals surface area contributed by atoms with E-state index in [1.807, 2.05) is 0 Å². The smallest absolute Gasteiger partial charge is 0.301 e. The van der Waals surface area contributed by atoms with Crippen molar-refractivity contribution in [3.05, 3.63) is 43.5 Å². The van der Waals surface area contributed by atoms with Gasteiger partial charge in [-0.15, -0.1) is 0 Å². The molecule has 0 aliphatic heterocycles. The van der Waals surface area contributed by atoms with Crippen LogP contribution in [0.3, 0.4) is 0 Å². The van der Waals surface area contributed by atoms with Crippen LogP contribution in [0.15, 0.2) is 32.3 Å². The Labute approximate surface area is 104 Å². The molecular weight excluding hydrogens is 288 g/mol. The summed E-state index contributed by atoms with van der Waals surface area (Å²) in [6.45, 7) is -0.225. The molecule has 1 aromatic heterocycles. The average molecular weight is 297 g/mol. The SMILES string of the molecule is Cn1c(=O)n(CC=O)c(=O)c2ccc(Br)cc21. The minimum absolute atomic E-state index is 0.225. The number of aldehydes is 1. The first-order valence-corrected chi connectivity index (χ1v) is 5.68. The van der Waals surface area contributed by atoms with E-state index >= 15 is 0 Å². The molecule has 0 unspecified atom stereocenters. The van der Waals surface area contributed by atoms with Crippen molar-refractivity contribution in [2.24, 2.45) is 7.05 Å². The first-order chi connectivity index (χ1) is 8.06. The van der Waals surface area contributed by atoms with Crippen molar-refractivity contribution in [1.82, 2.24) is 9.13 Å². The molecule has 0 bridgehead atoms. The zero-order valence-electron chi connectivity index (χ0n) is 9.01. The minimum atomic E-state index is -0.493. The molecule has 2 aromatic rings. The fourth-order valence-electron chi connectivity index (χ4n) is 1.72. The number of aromatic nitrogens is 2. The summed E-state index contributed by atoms with van der Waals surface area (Å²) in [6.07, 6.45) is 0.535. The lowest BCUT2D eigenvalue weighted by atomic mass is 10.2. The molecule has 1 heterocycles. The number of benzene rings is 1. The van der Waals surface area contributed by atoms with Gasteiger partial charge >= 0.3 is 5.69 Å². The number of nitrogens with zero attached hydrogens (tertiary/aromatic N) is 2. The molecule has 0 amide bonds. The summed E-state index contributed by atoms with van der Waals surface area (Å²) in [5, 5.41) is 0.414. The summed E-state index contributed by atoms with van der Waals surface area (Å²) in [6, 6.07) is 5.05. The van der Waals surface area contributed by atoms with E-state index in [2.05, 4.69) is 15.9 Å². The molecule has 2 rings (SSSR count). The molecule has 0 spiro atoms. The number of hydrogen-bond donors (Lipinski definition) is 0. The Bertz CT molecular complexity index is 715. The molecule has 17 heavy (non-hydrogen) atoms. The lowest BCUT2D eigenvalue weighted by Gasteiger charge is -2.08. The van der Waals surface area contributed by atoms with Gasteiger partial charge in [-0.3, -0.25) is 13.9 Å². The van der Waals surface area contributed by atoms with Crippen molar-refractivity contribution in [3.8, 4) is 0 Å². The first kappa shape index (κ1) is 11.8. The van der Waals surface area contributed by atoms with Crippen LogP contribution in [-0.2, 0) is 18.4 Å². The molecule has 0 fully saturated rings. The first-order valence-electron chi connectivity index (χ1n) is 4.89. The molecule has 5 nitrogen and oxygen atoms in total. The third-order valence-corrected chi connectivity index (χ3v) is 3.06. The lowest BCUT2D eigenvalue weighted by Crippen LogP contribution is -2.39. The molecule has 0 N–H and O–H groups in total. The van der Waals surface area contributed by atoms with Crippen molar-refractivity contribution in [2.75, 3.05) is 0 Å². The predicted octanol–water partition coefficient (Wildman–Crippen LogP) is 0.662. The molecule has 0 aliphatic rings. The highest BCUT2D eigenvalue weighted by atomic mass is 79.9. The molecule has 0 saturated carbocycles. The van der Waals surface area contributed by atoms with E-state index in [4.69, 9.17) is 0 Å². The highest BCUT2D eigenvalue weighted by molar-refractivity contribution is 9.10. The maximum absolute atomic E-state index is 12.0. The van der Waals surface area contributed by atoms with Gasteiger partial charge in [-0.1, -0.05) is 15.9 Å². The van der Waals surface area contributed by atoms with Gasteiger partial charge in [-0.25, -0.2) is 4.79 Å². The summed E-state index contributed by atoms with van der Waals surface area (Å²) in [4.78, 5) is 34.3. The van der Waals surface area contributed by atoms with Crippen LogP contribution in [0.5, 0.6) is 0 Å². The second-order valence-electron chi connectivity index (χ2n) is 3.59. The second kappa shape index (κ2) is 4.29. The number of rotatable bonds is 2. The van der Waals surface area contributed by atoms with Crippen LogP contribution in [0.1, 0.15) is 0 Å². The quantitative estimate of drug-likeness (QED) is 0.765. The fourth-order valence-corrected chi connectivity index (χ4v) is 2.06. The van der Waals surface area contributed by atoms with Gasteiger partial charge in [0.15, 0.2) is 0 Å². The minimum Gasteiger partial charge on any atom is -0.301 e. The van der Waals surface area contributed by atoms with Gasteiger partial charge in [-0.2, -0.15) is 0 Å². The zero-order valence-corrected chi connectivity index (χ0v) is 10.6. The Balaban J connectivity index is 3.00. The van der Waals surface area contributed by atoms with Gasteiger partial charge in [0.2, 0.25) is 0 Å². The third-order valence-electron chi connectivity index (χ3n) is 2.57. The van der Waals surface area contributed by atoms with Crippen molar-refractivity contribution in [1.29, 1.82) is 0 Å². The van der Waals surface area contributed by atoms with Gasteiger partial charge in [0.25, 0.3) is 5.56 Å². The average Bonchev–Trinajstić information content (AvgIpc) is 2.32. The third kappa shape index (κ3) is 1.84. The Morgan fingerprint density at radius 3 is 2.71 bits per heavy atom. The van der Waals surface area contributed by atoms with Gasteiger partial charge < -0.3 is 4.79 Å². The van der Waals surface area contributed by atoms with Crippen LogP contribution in [0.25, 0.3) is 10.9 Å². The highest BCUT2D eigenvalue weighted by Gasteiger charge is 2.10. The number of hydrogen-bond acceptors (Lipinski definition) is 3. The van der Waals surface area contributed by atoms with Crippen LogP contribution in [-0.4, -0.2) is 15.4 Å². The number of halogens is 1. The maximum atomic E-state index is 12.0. The molecule has 0 atom stereocenters. The molecular formula is C11H9BrN2O3. The Kier molecular flexibility index (Phi) is 2.97. The summed E-state index contributed by atoms with van der Waals surface area (Å²) in [5.74, 6) is 0. The number of carbonyl (C=O) groups excluding carboxylic acids is 1. The van der Waals surface area contributed by atoms with E-state index in [-0.39, 0.29) is 6.54 Å². The van der Waals surface area contributed by atoms with Gasteiger partial charge in [0.05, 0.1) is 17.4 Å². The zero-order chi connectivity index (χ0) is 12.6. The number of fused-ring (bicyclic) bond motifs is 1. The number of carbonyl (C=O) groups is 1. The van der Waals surface area contributed by atoms with Crippen LogP contribution in [0, 0.1) is 0 Å². The summed E-state index contributed by atoms with van der Waals surface area (Å²) in [5.41, 5.74) is -0.396. The van der Waals surface area contributed by atoms with E-state index in [9.17, 15) is 14.4 Å². The monoisotopic (exact) mass is 296 g/mol. The van der Waals surface area contributed by atoms with E-state index < -0.39 is 11.2 Å². The summed E-state index contributed by atoms with van der Waals surface area (Å²) in [7, 11) is 1.57. The second-order valence-corrected chi connectivity index (χ2v) is 4.50. The Morgan fingerprint density at radius 2 is 2.06 bits per heavy atom. The highest BCUT2D eigenvalue weighted by Crippen LogP contribution is 2.15. The Morgan fingerprint density at radius 1 is 1.35 bits per heavy atom. The maximum Gasteiger partial charge on any atom is 0.331 e. The summed E-state index contributed by atoms with van der Waals surface area (Å²) < 4.78 is 3.06. The van der Waals surface area contributed by atoms with E-state index in [0.29, 0.717) is 17.2 Å². The molecule has 1 aromatic carbocycles. The van der Waals surface area contributed by atoms with Gasteiger partial charge in [0.1, 0.15) is 6.29 Å². The lowest BCUT2D eigenvalue weighted by molar-refractivity contribution is -0.108. The largest absolute Gasteiger partial charge is 0.331 e. The van der Waals surface area contributed by atoms with Crippen molar-refractivity contribution in [2.45, 2.75) is 6.54 Å². The van der Waals surface area contributed by atoms with Crippen LogP contribution >= 0.6 is 15.9 Å². The van der Waals surface area contributed by atoms with E-state index in [0.717, 1.165) is 9.04 Å². The van der Waals surface area contributed by atoms with E-state index in [1.54, 1.807) is 25.2 Å². The standard InChI is InChI=1S/C11H9BrN2O3/c1-13-9-6-7(12)2-3-8(9)10(16)14(4-5-15)11(13)17/h2-3,5-6H,4H2,1H3. The van der Waals surface area contributed by atoms with Crippen molar-refractivity contribution < 1.29 is 4.79 Å². The molecule has 0 saturated heterocycles. The number of aryl methyl sites for hydroxylation is 1. The van der Waals surface area contributed by atoms with E-state index in [1.165, 1.54) is 4.57 Å². The van der Waals surface area contributed by atoms with Gasteiger partial charge in [-0.05, 0) is 18.2 Å². The molecule has 88 valence electrons. The normalized spacial score (nSPS) is 10.7. The Hall–Kier alpha value is -1.69. The van der Waals surface area contributed by atoms with Crippen LogP contribution in [0.4, 0.5) is 0 Å². The van der Waals surface area contributed by atoms with Crippen molar-refractivity contribution in [3.63, 3.8) is 0 Å². The van der Waals surface area contributed by atoms with Crippen molar-refractivity contribution >= 4 is 33.1 Å². The predicted molar refractivity (Wildman–Crippen MR) is 67.2 cm³/mol. The fraction of sp³-hybridized carbons (Fsp3) is 0.182. The van der Waals surface area contributed by atoms with Gasteiger partial charge in [0, 0.05) is 11.5 Å². The van der Waals surface area contributed by atoms with Crippen LogP contribution < -0.4 is 11.2 Å². The van der Waals surface area contributed by atoms with Crippen LogP contribution in [0.2, 0.25) is 0 Å².